The van der Waals surface area contributed by atoms with Crippen molar-refractivity contribution in [1.82, 2.24) is 0 Å². The molecule has 4 rings (SSSR count). The summed E-state index contributed by atoms with van der Waals surface area (Å²) in [5.41, 5.74) is 0.266. The Bertz CT molecular complexity index is 764. The van der Waals surface area contributed by atoms with Crippen molar-refractivity contribution in [2.75, 3.05) is 6.61 Å². The summed E-state index contributed by atoms with van der Waals surface area (Å²) in [5.74, 6) is 0.801. The van der Waals surface area contributed by atoms with Gasteiger partial charge in [-0.15, -0.1) is 0 Å². The number of hydrogen-bond acceptors (Lipinski definition) is 4. The van der Waals surface area contributed by atoms with Crippen molar-refractivity contribution in [3.8, 4) is 5.75 Å². The normalized spacial score (nSPS) is 27.3. The molecule has 1 aliphatic carbocycles. The van der Waals surface area contributed by atoms with E-state index in [9.17, 15) is 9.59 Å². The molecule has 3 atom stereocenters. The van der Waals surface area contributed by atoms with Gasteiger partial charge in [0, 0.05) is 22.8 Å². The number of carbonyl (C=O) groups is 1. The summed E-state index contributed by atoms with van der Waals surface area (Å²) in [7, 11) is 0. The number of carbonyl (C=O) groups excluding carboxylic acids is 1. The van der Waals surface area contributed by atoms with Crippen molar-refractivity contribution >= 4 is 28.9 Å². The van der Waals surface area contributed by atoms with Crippen molar-refractivity contribution in [2.24, 2.45) is 11.8 Å². The number of halogens is 1. The first-order chi connectivity index (χ1) is 9.20. The second-order valence-electron chi connectivity index (χ2n) is 4.98. The molecule has 1 saturated carbocycles. The largest absolute Gasteiger partial charge is 0.486 e. The van der Waals surface area contributed by atoms with E-state index in [0.29, 0.717) is 28.4 Å². The van der Waals surface area contributed by atoms with Gasteiger partial charge >= 0.3 is 0 Å². The van der Waals surface area contributed by atoms with Crippen molar-refractivity contribution in [1.29, 1.82) is 0 Å². The van der Waals surface area contributed by atoms with Gasteiger partial charge in [0.2, 0.25) is 11.2 Å². The van der Waals surface area contributed by atoms with Crippen LogP contribution in [0.2, 0.25) is 5.02 Å². The molecular weight excluding hydrogens is 268 g/mol. The highest BCUT2D eigenvalue weighted by Gasteiger charge is 2.57. The first-order valence-electron chi connectivity index (χ1n) is 6.05. The van der Waals surface area contributed by atoms with Crippen LogP contribution in [0.25, 0.3) is 11.0 Å². The van der Waals surface area contributed by atoms with Crippen LogP contribution in [0, 0.1) is 11.8 Å². The van der Waals surface area contributed by atoms with Gasteiger partial charge in [0.25, 0.3) is 0 Å². The minimum Gasteiger partial charge on any atom is -0.486 e. The molecular formula is C14H9ClO4. The summed E-state index contributed by atoms with van der Waals surface area (Å²) in [6, 6.07) is 4.91. The van der Waals surface area contributed by atoms with Crippen molar-refractivity contribution in [2.45, 2.75) is 5.92 Å². The first kappa shape index (κ1) is 11.1. The van der Waals surface area contributed by atoms with Crippen LogP contribution < -0.4 is 10.2 Å². The average molecular weight is 277 g/mol. The van der Waals surface area contributed by atoms with Gasteiger partial charge < -0.3 is 13.9 Å². The molecule has 0 amide bonds. The highest BCUT2D eigenvalue weighted by Crippen LogP contribution is 2.57. The fourth-order valence-electron chi connectivity index (χ4n) is 2.87. The topological polar surface area (TPSA) is 56.5 Å². The Morgan fingerprint density at radius 2 is 2.21 bits per heavy atom. The number of ether oxygens (including phenoxy) is 1. The third-order valence-electron chi connectivity index (χ3n) is 3.95. The maximum atomic E-state index is 12.4. The third kappa shape index (κ3) is 1.40. The number of benzene rings is 1. The maximum Gasteiger partial charge on any atom is 0.234 e. The smallest absolute Gasteiger partial charge is 0.234 e. The van der Waals surface area contributed by atoms with Crippen LogP contribution in [0.15, 0.2) is 27.4 Å². The zero-order chi connectivity index (χ0) is 13.1. The molecule has 1 aromatic heterocycles. The Morgan fingerprint density at radius 3 is 3.00 bits per heavy atom. The Morgan fingerprint density at radius 1 is 1.37 bits per heavy atom. The van der Waals surface area contributed by atoms with E-state index in [1.165, 1.54) is 0 Å². The summed E-state index contributed by atoms with van der Waals surface area (Å²) in [5, 5.41) is 0.888. The number of fused-ring (bicyclic) bond motifs is 4. The molecule has 0 radical (unpaired) electrons. The summed E-state index contributed by atoms with van der Waals surface area (Å²) >= 11 is 5.89. The predicted molar refractivity (Wildman–Crippen MR) is 68.8 cm³/mol. The lowest BCUT2D eigenvalue weighted by atomic mass is 10.1. The monoisotopic (exact) mass is 276 g/mol. The lowest BCUT2D eigenvalue weighted by molar-refractivity contribution is -0.109. The zero-order valence-electron chi connectivity index (χ0n) is 9.76. The van der Waals surface area contributed by atoms with Gasteiger partial charge in [0.15, 0.2) is 5.76 Å². The molecule has 0 spiro atoms. The van der Waals surface area contributed by atoms with Gasteiger partial charge in [-0.2, -0.15) is 0 Å². The highest BCUT2D eigenvalue weighted by molar-refractivity contribution is 6.31. The van der Waals surface area contributed by atoms with E-state index in [4.69, 9.17) is 20.8 Å². The molecule has 0 N–H and O–H groups in total. The molecule has 19 heavy (non-hydrogen) atoms. The molecule has 1 aromatic carbocycles. The lowest BCUT2D eigenvalue weighted by Crippen LogP contribution is -2.17. The van der Waals surface area contributed by atoms with Gasteiger partial charge in [-0.25, -0.2) is 0 Å². The maximum absolute atomic E-state index is 12.4. The number of aldehydes is 1. The molecule has 1 aliphatic heterocycles. The van der Waals surface area contributed by atoms with Gasteiger partial charge in [-0.1, -0.05) is 11.6 Å². The molecule has 0 bridgehead atoms. The van der Waals surface area contributed by atoms with E-state index in [-0.39, 0.29) is 28.9 Å². The average Bonchev–Trinajstić information content (AvgIpc) is 3.13. The highest BCUT2D eigenvalue weighted by atomic mass is 35.5. The van der Waals surface area contributed by atoms with Gasteiger partial charge in [-0.05, 0) is 18.2 Å². The molecule has 5 heteroatoms. The van der Waals surface area contributed by atoms with Crippen molar-refractivity contribution < 1.29 is 13.9 Å². The van der Waals surface area contributed by atoms with E-state index in [2.05, 4.69) is 0 Å². The molecule has 2 aliphatic rings. The van der Waals surface area contributed by atoms with Gasteiger partial charge in [-0.3, -0.25) is 4.79 Å². The second-order valence-corrected chi connectivity index (χ2v) is 5.42. The molecule has 2 aromatic rings. The van der Waals surface area contributed by atoms with Gasteiger partial charge in [0.05, 0.1) is 12.0 Å². The first-order valence-corrected chi connectivity index (χ1v) is 6.43. The van der Waals surface area contributed by atoms with E-state index in [0.717, 1.165) is 6.29 Å². The summed E-state index contributed by atoms with van der Waals surface area (Å²) in [4.78, 5) is 23.3. The molecule has 4 nitrogen and oxygen atoms in total. The molecule has 3 unspecified atom stereocenters. The summed E-state index contributed by atoms with van der Waals surface area (Å²) in [6.07, 6.45) is 0.917. The summed E-state index contributed by atoms with van der Waals surface area (Å²) < 4.78 is 11.2. The van der Waals surface area contributed by atoms with Crippen molar-refractivity contribution in [3.63, 3.8) is 0 Å². The van der Waals surface area contributed by atoms with Crippen LogP contribution in [0.1, 0.15) is 11.7 Å². The van der Waals surface area contributed by atoms with Crippen LogP contribution in [0.3, 0.4) is 0 Å². The van der Waals surface area contributed by atoms with E-state index in [1.807, 2.05) is 0 Å². The second kappa shape index (κ2) is 3.61. The standard InChI is InChI=1S/C14H9ClO4/c15-6-1-2-10-7(3-6)12(17)14-13(19-10)11-8(4-16)9(11)5-18-14/h1-4,8-9,11H,5H2. The Balaban J connectivity index is 2.00. The fourth-order valence-corrected chi connectivity index (χ4v) is 3.05. The van der Waals surface area contributed by atoms with E-state index < -0.39 is 0 Å². The fraction of sp³-hybridized carbons (Fsp3) is 0.286. The number of hydrogen-bond donors (Lipinski definition) is 0. The van der Waals surface area contributed by atoms with Gasteiger partial charge in [0.1, 0.15) is 11.9 Å². The van der Waals surface area contributed by atoms with E-state index in [1.54, 1.807) is 18.2 Å². The van der Waals surface area contributed by atoms with Crippen LogP contribution in [-0.2, 0) is 4.79 Å². The van der Waals surface area contributed by atoms with Crippen LogP contribution in [0.5, 0.6) is 5.75 Å². The Kier molecular flexibility index (Phi) is 2.10. The van der Waals surface area contributed by atoms with Crippen LogP contribution >= 0.6 is 11.6 Å². The predicted octanol–water partition coefficient (Wildman–Crippen LogP) is 2.37. The molecule has 96 valence electrons. The molecule has 0 saturated heterocycles. The third-order valence-corrected chi connectivity index (χ3v) is 4.18. The SMILES string of the molecule is O=CC1C2COc3c(oc4ccc(Cl)cc4c3=O)C12. The zero-order valence-corrected chi connectivity index (χ0v) is 10.5. The lowest BCUT2D eigenvalue weighted by Gasteiger charge is -2.15. The number of rotatable bonds is 1. The van der Waals surface area contributed by atoms with Crippen LogP contribution in [-0.4, -0.2) is 12.9 Å². The molecule has 1 fully saturated rings. The summed E-state index contributed by atoms with van der Waals surface area (Å²) in [6.45, 7) is 0.401. The Labute approximate surface area is 112 Å². The quantitative estimate of drug-likeness (QED) is 0.750. The minimum atomic E-state index is -0.214. The Hall–Kier alpha value is -1.81. The van der Waals surface area contributed by atoms with Crippen LogP contribution in [0.4, 0.5) is 0 Å². The molecule has 2 heterocycles. The van der Waals surface area contributed by atoms with Crippen molar-refractivity contribution in [3.05, 3.63) is 39.2 Å². The minimum absolute atomic E-state index is 0.00553. The van der Waals surface area contributed by atoms with E-state index >= 15 is 0 Å².